The Morgan fingerprint density at radius 3 is 2.50 bits per heavy atom. The Hall–Kier alpha value is -1.96. The molecule has 0 radical (unpaired) electrons. The number of primary amides is 1. The van der Waals surface area contributed by atoms with Gasteiger partial charge in [-0.3, -0.25) is 0 Å². The number of urea groups is 1. The van der Waals surface area contributed by atoms with E-state index >= 15 is 0 Å². The number of amides is 2. The fourth-order valence-electron chi connectivity index (χ4n) is 2.44. The van der Waals surface area contributed by atoms with Crippen molar-refractivity contribution in [3.63, 3.8) is 0 Å². The highest BCUT2D eigenvalue weighted by Gasteiger charge is 2.41. The van der Waals surface area contributed by atoms with Gasteiger partial charge in [-0.2, -0.15) is 4.31 Å². The van der Waals surface area contributed by atoms with Gasteiger partial charge in [-0.15, -0.1) is 0 Å². The Kier molecular flexibility index (Phi) is 4.33. The van der Waals surface area contributed by atoms with Crippen LogP contribution in [0.2, 0.25) is 10.0 Å². The molecule has 6 nitrogen and oxygen atoms in total. The second-order valence-electron chi connectivity index (χ2n) is 5.11. The van der Waals surface area contributed by atoms with Gasteiger partial charge in [-0.1, -0.05) is 41.4 Å². The summed E-state index contributed by atoms with van der Waals surface area (Å²) in [5, 5.41) is 0.331. The molecule has 1 unspecified atom stereocenters. The van der Waals surface area contributed by atoms with Gasteiger partial charge < -0.3 is 10.5 Å². The number of hydrogen-bond acceptors (Lipinski definition) is 4. The third-order valence-corrected chi connectivity index (χ3v) is 6.11. The second kappa shape index (κ2) is 6.16. The third kappa shape index (κ3) is 2.90. The van der Waals surface area contributed by atoms with Crippen molar-refractivity contribution in [2.75, 3.05) is 4.31 Å². The first-order chi connectivity index (χ1) is 11.3. The first-order valence-corrected chi connectivity index (χ1v) is 9.10. The van der Waals surface area contributed by atoms with Crippen molar-refractivity contribution < 1.29 is 17.9 Å². The van der Waals surface area contributed by atoms with E-state index in [2.05, 4.69) is 0 Å². The minimum absolute atomic E-state index is 0.00328. The summed E-state index contributed by atoms with van der Waals surface area (Å²) in [7, 11) is -4.22. The molecule has 2 N–H and O–H groups in total. The number of rotatable bonds is 3. The lowest BCUT2D eigenvalue weighted by molar-refractivity contribution is 0.255. The Bertz CT molecular complexity index is 892. The number of anilines is 1. The fourth-order valence-corrected chi connectivity index (χ4v) is 4.25. The summed E-state index contributed by atoms with van der Waals surface area (Å²) in [5.74, 6) is 0.463. The average Bonchev–Trinajstić information content (AvgIpc) is 2.95. The van der Waals surface area contributed by atoms with Gasteiger partial charge in [0.1, 0.15) is 5.75 Å². The molecule has 2 amide bonds. The number of nitrogens with zero attached hydrogens (tertiary/aromatic N) is 1. The Morgan fingerprint density at radius 1 is 1.17 bits per heavy atom. The van der Waals surface area contributed by atoms with E-state index in [0.717, 1.165) is 5.56 Å². The highest BCUT2D eigenvalue weighted by atomic mass is 35.5. The normalized spacial score (nSPS) is 16.3. The van der Waals surface area contributed by atoms with Crippen molar-refractivity contribution in [2.24, 2.45) is 5.73 Å². The lowest BCUT2D eigenvalue weighted by Crippen LogP contribution is -2.47. The molecule has 0 spiro atoms. The topological polar surface area (TPSA) is 89.7 Å². The van der Waals surface area contributed by atoms with E-state index in [1.165, 1.54) is 18.2 Å². The highest BCUT2D eigenvalue weighted by Crippen LogP contribution is 2.34. The molecule has 24 heavy (non-hydrogen) atoms. The van der Waals surface area contributed by atoms with Crippen LogP contribution in [0.15, 0.2) is 42.5 Å². The summed E-state index contributed by atoms with van der Waals surface area (Å²) in [6, 6.07) is 9.77. The molecule has 0 aliphatic carbocycles. The monoisotopic (exact) mass is 386 g/mol. The van der Waals surface area contributed by atoms with E-state index in [1.807, 2.05) is 0 Å². The van der Waals surface area contributed by atoms with Crippen LogP contribution in [-0.2, 0) is 16.4 Å². The van der Waals surface area contributed by atoms with Crippen molar-refractivity contribution in [3.05, 3.63) is 58.1 Å². The standard InChI is InChI=1S/C15H12Cl2N2O4S/c16-11-6-5-10(8-12(11)17)19(15(18)20)24(21,22)14-7-9-3-1-2-4-13(9)23-14/h1-6,8,14H,7H2,(H2,18,20). The highest BCUT2D eigenvalue weighted by molar-refractivity contribution is 7.94. The van der Waals surface area contributed by atoms with Crippen LogP contribution < -0.4 is 14.8 Å². The maximum absolute atomic E-state index is 12.9. The summed E-state index contributed by atoms with van der Waals surface area (Å²) in [4.78, 5) is 11.8. The van der Waals surface area contributed by atoms with Gasteiger partial charge in [0.2, 0.25) is 5.44 Å². The van der Waals surface area contributed by atoms with Crippen LogP contribution in [0.1, 0.15) is 5.56 Å². The molecular formula is C15H12Cl2N2O4S. The fraction of sp³-hybridized carbons (Fsp3) is 0.133. The molecule has 0 aromatic heterocycles. The maximum atomic E-state index is 12.9. The number of halogens is 2. The number of hydrogen-bond donors (Lipinski definition) is 1. The van der Waals surface area contributed by atoms with Gasteiger partial charge in [0.25, 0.3) is 10.0 Å². The van der Waals surface area contributed by atoms with Crippen molar-refractivity contribution in [1.29, 1.82) is 0 Å². The van der Waals surface area contributed by atoms with E-state index in [9.17, 15) is 13.2 Å². The molecule has 2 aromatic rings. The predicted molar refractivity (Wildman–Crippen MR) is 92.0 cm³/mol. The molecule has 3 rings (SSSR count). The van der Waals surface area contributed by atoms with Crippen molar-refractivity contribution >= 4 is 44.9 Å². The molecule has 2 aromatic carbocycles. The molecular weight excluding hydrogens is 375 g/mol. The minimum atomic E-state index is -4.22. The maximum Gasteiger partial charge on any atom is 0.333 e. The van der Waals surface area contributed by atoms with E-state index in [-0.39, 0.29) is 22.2 Å². The number of carbonyl (C=O) groups is 1. The Labute approximate surface area is 148 Å². The van der Waals surface area contributed by atoms with Crippen LogP contribution in [0.25, 0.3) is 0 Å². The minimum Gasteiger partial charge on any atom is -0.472 e. The number of carbonyl (C=O) groups excluding carboxylic acids is 1. The van der Waals surface area contributed by atoms with Crippen molar-refractivity contribution in [2.45, 2.75) is 11.9 Å². The van der Waals surface area contributed by atoms with Crippen LogP contribution in [0.4, 0.5) is 10.5 Å². The smallest absolute Gasteiger partial charge is 0.333 e. The van der Waals surface area contributed by atoms with Crippen LogP contribution in [0.5, 0.6) is 5.75 Å². The van der Waals surface area contributed by atoms with Crippen molar-refractivity contribution in [1.82, 2.24) is 0 Å². The second-order valence-corrected chi connectivity index (χ2v) is 7.84. The third-order valence-electron chi connectivity index (χ3n) is 3.54. The zero-order valence-electron chi connectivity index (χ0n) is 12.1. The van der Waals surface area contributed by atoms with Gasteiger partial charge in [-0.05, 0) is 29.8 Å². The van der Waals surface area contributed by atoms with E-state index in [0.29, 0.717) is 10.1 Å². The number of nitrogens with two attached hydrogens (primary N) is 1. The molecule has 1 heterocycles. The number of para-hydroxylation sites is 1. The van der Waals surface area contributed by atoms with Gasteiger partial charge in [-0.25, -0.2) is 13.2 Å². The molecule has 0 saturated heterocycles. The molecule has 126 valence electrons. The van der Waals surface area contributed by atoms with Crippen LogP contribution in [-0.4, -0.2) is 19.9 Å². The predicted octanol–water partition coefficient (Wildman–Crippen LogP) is 3.17. The van der Waals surface area contributed by atoms with Gasteiger partial charge in [0.05, 0.1) is 15.7 Å². The lowest BCUT2D eigenvalue weighted by atomic mass is 10.2. The first-order valence-electron chi connectivity index (χ1n) is 6.84. The van der Waals surface area contributed by atoms with Gasteiger partial charge in [0, 0.05) is 6.42 Å². The summed E-state index contributed by atoms with van der Waals surface area (Å²) in [6.45, 7) is 0. The number of fused-ring (bicyclic) bond motifs is 1. The van der Waals surface area contributed by atoms with Crippen LogP contribution in [0.3, 0.4) is 0 Å². The van der Waals surface area contributed by atoms with Crippen molar-refractivity contribution in [3.8, 4) is 5.75 Å². The molecule has 1 aliphatic rings. The number of ether oxygens (including phenoxy) is 1. The summed E-state index contributed by atoms with van der Waals surface area (Å²) in [6.07, 6.45) is 0.115. The summed E-state index contributed by atoms with van der Waals surface area (Å²) < 4.78 is 31.7. The zero-order chi connectivity index (χ0) is 17.5. The molecule has 9 heteroatoms. The Balaban J connectivity index is 1.99. The number of benzene rings is 2. The quantitative estimate of drug-likeness (QED) is 0.876. The van der Waals surface area contributed by atoms with Crippen LogP contribution in [0, 0.1) is 0 Å². The SMILES string of the molecule is NC(=O)N(c1ccc(Cl)c(Cl)c1)S(=O)(=O)C1Cc2ccccc2O1. The summed E-state index contributed by atoms with van der Waals surface area (Å²) >= 11 is 11.7. The van der Waals surface area contributed by atoms with E-state index in [1.54, 1.807) is 24.3 Å². The Morgan fingerprint density at radius 2 is 1.88 bits per heavy atom. The van der Waals surface area contributed by atoms with Crippen LogP contribution >= 0.6 is 23.2 Å². The largest absolute Gasteiger partial charge is 0.472 e. The van der Waals surface area contributed by atoms with E-state index in [4.69, 9.17) is 33.7 Å². The van der Waals surface area contributed by atoms with Gasteiger partial charge in [0.15, 0.2) is 0 Å². The lowest BCUT2D eigenvalue weighted by Gasteiger charge is -2.24. The molecule has 0 fully saturated rings. The van der Waals surface area contributed by atoms with E-state index < -0.39 is 21.5 Å². The summed E-state index contributed by atoms with van der Waals surface area (Å²) in [5.41, 5.74) is 4.78. The first kappa shape index (κ1) is 16.9. The molecule has 0 bridgehead atoms. The number of sulfonamides is 1. The molecule has 0 saturated carbocycles. The molecule has 1 atom stereocenters. The van der Waals surface area contributed by atoms with Gasteiger partial charge >= 0.3 is 6.03 Å². The average molecular weight is 387 g/mol. The zero-order valence-corrected chi connectivity index (χ0v) is 14.5. The molecule has 1 aliphatic heterocycles.